The van der Waals surface area contributed by atoms with Crippen LogP contribution in [0.15, 0.2) is 64.0 Å². The lowest BCUT2D eigenvalue weighted by Crippen LogP contribution is -2.42. The van der Waals surface area contributed by atoms with Crippen LogP contribution in [-0.4, -0.2) is 23.5 Å². The predicted molar refractivity (Wildman–Crippen MR) is 97.6 cm³/mol. The molecule has 0 aliphatic rings. The summed E-state index contributed by atoms with van der Waals surface area (Å²) in [6, 6.07) is 17.0. The van der Waals surface area contributed by atoms with Crippen molar-refractivity contribution in [1.82, 2.24) is 5.32 Å². The van der Waals surface area contributed by atoms with Crippen LogP contribution in [0.2, 0.25) is 0 Å². The monoisotopic (exact) mass is 391 g/mol. The number of halogens is 1. The summed E-state index contributed by atoms with van der Waals surface area (Å²) >= 11 is 4.83. The summed E-state index contributed by atoms with van der Waals surface area (Å²) in [4.78, 5) is 24.9. The Morgan fingerprint density at radius 2 is 1.74 bits per heavy atom. The van der Waals surface area contributed by atoms with Crippen LogP contribution in [0.3, 0.4) is 0 Å². The summed E-state index contributed by atoms with van der Waals surface area (Å²) in [6.07, 6.45) is 0.519. The average molecular weight is 392 g/mol. The van der Waals surface area contributed by atoms with Crippen LogP contribution >= 0.6 is 27.7 Å². The molecule has 3 nitrogen and oxygen atoms in total. The molecule has 0 aromatic heterocycles. The number of carbonyl (C=O) groups excluding carboxylic acids is 2. The van der Waals surface area contributed by atoms with Crippen LogP contribution in [0.5, 0.6) is 0 Å². The number of thioether (sulfide) groups is 1. The molecule has 120 valence electrons. The first-order chi connectivity index (χ1) is 11.0. The molecule has 0 bridgehead atoms. The predicted octanol–water partition coefficient (Wildman–Crippen LogP) is 3.86. The van der Waals surface area contributed by atoms with E-state index >= 15 is 0 Å². The van der Waals surface area contributed by atoms with Gasteiger partial charge in [0.1, 0.15) is 0 Å². The highest BCUT2D eigenvalue weighted by Crippen LogP contribution is 2.20. The third-order valence-corrected chi connectivity index (χ3v) is 4.83. The standard InChI is InChI=1S/C18H18BrNO2S/c1-13(21)17(11-14-5-3-2-4-6-14)20-18(22)12-23-16-9-7-15(19)8-10-16/h2-10,17H,11-12H2,1H3,(H,20,22)/t17-/m1/s1. The Balaban J connectivity index is 1.88. The maximum absolute atomic E-state index is 12.1. The number of hydrogen-bond donors (Lipinski definition) is 1. The normalized spacial score (nSPS) is 11.7. The Kier molecular flexibility index (Phi) is 6.86. The molecule has 0 radical (unpaired) electrons. The lowest BCUT2D eigenvalue weighted by atomic mass is 10.0. The zero-order valence-electron chi connectivity index (χ0n) is 12.8. The average Bonchev–Trinajstić information content (AvgIpc) is 2.54. The number of rotatable bonds is 7. The summed E-state index contributed by atoms with van der Waals surface area (Å²) in [5, 5.41) is 2.83. The van der Waals surface area contributed by atoms with Gasteiger partial charge in [-0.2, -0.15) is 0 Å². The maximum Gasteiger partial charge on any atom is 0.230 e. The summed E-state index contributed by atoms with van der Waals surface area (Å²) in [7, 11) is 0. The molecular formula is C18H18BrNO2S. The molecule has 2 aromatic carbocycles. The van der Waals surface area contributed by atoms with Crippen LogP contribution in [0.25, 0.3) is 0 Å². The first-order valence-electron chi connectivity index (χ1n) is 7.26. The van der Waals surface area contributed by atoms with E-state index < -0.39 is 6.04 Å². The number of nitrogens with one attached hydrogen (secondary N) is 1. The van der Waals surface area contributed by atoms with Crippen LogP contribution in [0, 0.1) is 0 Å². The number of benzene rings is 2. The fourth-order valence-corrected chi connectivity index (χ4v) is 3.04. The van der Waals surface area contributed by atoms with Gasteiger partial charge in [0.15, 0.2) is 5.78 Å². The van der Waals surface area contributed by atoms with Crippen LogP contribution in [-0.2, 0) is 16.0 Å². The number of ketones is 1. The number of amides is 1. The van der Waals surface area contributed by atoms with Gasteiger partial charge < -0.3 is 5.32 Å². The van der Waals surface area contributed by atoms with Crippen molar-refractivity contribution < 1.29 is 9.59 Å². The van der Waals surface area contributed by atoms with E-state index in [1.807, 2.05) is 54.6 Å². The van der Waals surface area contributed by atoms with Gasteiger partial charge in [-0.25, -0.2) is 0 Å². The van der Waals surface area contributed by atoms with Gasteiger partial charge >= 0.3 is 0 Å². The van der Waals surface area contributed by atoms with Gasteiger partial charge in [-0.05, 0) is 43.2 Å². The van der Waals surface area contributed by atoms with E-state index in [-0.39, 0.29) is 11.7 Å². The Hall–Kier alpha value is -1.59. The molecule has 1 atom stereocenters. The van der Waals surface area contributed by atoms with Gasteiger partial charge in [-0.15, -0.1) is 11.8 Å². The van der Waals surface area contributed by atoms with Gasteiger partial charge in [0.2, 0.25) is 5.91 Å². The highest BCUT2D eigenvalue weighted by Gasteiger charge is 2.17. The topological polar surface area (TPSA) is 46.2 Å². The van der Waals surface area contributed by atoms with Crippen LogP contribution in [0.1, 0.15) is 12.5 Å². The summed E-state index contributed by atoms with van der Waals surface area (Å²) in [5.74, 6) is 0.130. The van der Waals surface area contributed by atoms with Crippen LogP contribution in [0.4, 0.5) is 0 Å². The molecule has 0 unspecified atom stereocenters. The zero-order chi connectivity index (χ0) is 16.7. The van der Waals surface area contributed by atoms with Crippen molar-refractivity contribution in [3.05, 3.63) is 64.6 Å². The molecule has 0 spiro atoms. The fraction of sp³-hybridized carbons (Fsp3) is 0.222. The molecular weight excluding hydrogens is 374 g/mol. The first kappa shape index (κ1) is 17.8. The van der Waals surface area contributed by atoms with Gasteiger partial charge in [-0.3, -0.25) is 9.59 Å². The van der Waals surface area contributed by atoms with Crippen molar-refractivity contribution in [1.29, 1.82) is 0 Å². The summed E-state index contributed by atoms with van der Waals surface area (Å²) < 4.78 is 1.01. The molecule has 0 heterocycles. The molecule has 0 aliphatic heterocycles. The molecule has 2 aromatic rings. The third kappa shape index (κ3) is 6.20. The van der Waals surface area contributed by atoms with Gasteiger partial charge in [0.05, 0.1) is 11.8 Å². The lowest BCUT2D eigenvalue weighted by molar-refractivity contribution is -0.125. The highest BCUT2D eigenvalue weighted by atomic mass is 79.9. The number of hydrogen-bond acceptors (Lipinski definition) is 3. The largest absolute Gasteiger partial charge is 0.345 e. The summed E-state index contributed by atoms with van der Waals surface area (Å²) in [6.45, 7) is 1.51. The zero-order valence-corrected chi connectivity index (χ0v) is 15.2. The molecule has 23 heavy (non-hydrogen) atoms. The van der Waals surface area contributed by atoms with Crippen molar-refractivity contribution in [2.24, 2.45) is 0 Å². The first-order valence-corrected chi connectivity index (χ1v) is 9.04. The molecule has 1 N–H and O–H groups in total. The van der Waals surface area contributed by atoms with Crippen molar-refractivity contribution in [3.8, 4) is 0 Å². The van der Waals surface area contributed by atoms with Crippen LogP contribution < -0.4 is 5.32 Å². The molecule has 5 heteroatoms. The van der Waals surface area contributed by atoms with Crippen molar-refractivity contribution in [2.45, 2.75) is 24.3 Å². The summed E-state index contributed by atoms with van der Waals surface area (Å²) in [5.41, 5.74) is 1.04. The molecule has 0 saturated heterocycles. The Morgan fingerprint density at radius 3 is 2.35 bits per heavy atom. The maximum atomic E-state index is 12.1. The minimum Gasteiger partial charge on any atom is -0.345 e. The molecule has 0 aliphatic carbocycles. The quantitative estimate of drug-likeness (QED) is 0.728. The van der Waals surface area contributed by atoms with E-state index in [9.17, 15) is 9.59 Å². The van der Waals surface area contributed by atoms with E-state index in [2.05, 4.69) is 21.2 Å². The van der Waals surface area contributed by atoms with E-state index in [1.165, 1.54) is 18.7 Å². The molecule has 2 rings (SSSR count). The van der Waals surface area contributed by atoms with Crippen molar-refractivity contribution >= 4 is 39.4 Å². The van der Waals surface area contributed by atoms with Crippen molar-refractivity contribution in [3.63, 3.8) is 0 Å². The van der Waals surface area contributed by atoms with E-state index in [4.69, 9.17) is 0 Å². The van der Waals surface area contributed by atoms with Gasteiger partial charge in [0.25, 0.3) is 0 Å². The Morgan fingerprint density at radius 1 is 1.09 bits per heavy atom. The molecule has 0 saturated carbocycles. The van der Waals surface area contributed by atoms with E-state index in [0.717, 1.165) is 14.9 Å². The second kappa shape index (κ2) is 8.89. The Bertz CT molecular complexity index is 658. The fourth-order valence-electron chi connectivity index (χ4n) is 2.06. The number of Topliss-reactive ketones (excluding diaryl/α,β-unsaturated/α-hetero) is 1. The molecule has 1 amide bonds. The highest BCUT2D eigenvalue weighted by molar-refractivity contribution is 9.10. The lowest BCUT2D eigenvalue weighted by Gasteiger charge is -2.16. The minimum absolute atomic E-state index is 0.0316. The Labute approximate surface area is 149 Å². The third-order valence-electron chi connectivity index (χ3n) is 3.29. The second-order valence-electron chi connectivity index (χ2n) is 5.16. The van der Waals surface area contributed by atoms with Gasteiger partial charge in [0, 0.05) is 9.37 Å². The van der Waals surface area contributed by atoms with E-state index in [0.29, 0.717) is 12.2 Å². The smallest absolute Gasteiger partial charge is 0.230 e. The SMILES string of the molecule is CC(=O)[C@@H](Cc1ccccc1)NC(=O)CSc1ccc(Br)cc1. The minimum atomic E-state index is -0.476. The van der Waals surface area contributed by atoms with Gasteiger partial charge in [-0.1, -0.05) is 46.3 Å². The second-order valence-corrected chi connectivity index (χ2v) is 7.13. The van der Waals surface area contributed by atoms with Crippen molar-refractivity contribution in [2.75, 3.05) is 5.75 Å². The molecule has 0 fully saturated rings. The number of carbonyl (C=O) groups is 2. The van der Waals surface area contributed by atoms with E-state index in [1.54, 1.807) is 0 Å².